The van der Waals surface area contributed by atoms with Crippen LogP contribution in [0.1, 0.15) is 44.0 Å². The lowest BCUT2D eigenvalue weighted by Crippen LogP contribution is -2.03. The summed E-state index contributed by atoms with van der Waals surface area (Å²) in [5.41, 5.74) is 1.60. The van der Waals surface area contributed by atoms with Gasteiger partial charge in [-0.05, 0) is 64.0 Å². The highest BCUT2D eigenvalue weighted by Crippen LogP contribution is 2.38. The summed E-state index contributed by atoms with van der Waals surface area (Å²) in [5, 5.41) is 8.81. The van der Waals surface area contributed by atoms with Gasteiger partial charge in [0.25, 0.3) is 0 Å². The van der Waals surface area contributed by atoms with Gasteiger partial charge in [-0.1, -0.05) is 5.57 Å². The lowest BCUT2D eigenvalue weighted by Gasteiger charge is -2.05. The molecule has 0 radical (unpaired) electrons. The van der Waals surface area contributed by atoms with Gasteiger partial charge in [-0.3, -0.25) is 0 Å². The molecule has 4 nitrogen and oxygen atoms in total. The Morgan fingerprint density at radius 3 is 2.52 bits per heavy atom. The first-order valence-corrected chi connectivity index (χ1v) is 7.18. The fraction of sp³-hybridized carbons (Fsp3) is 0.471. The molecule has 0 spiro atoms. The van der Waals surface area contributed by atoms with Gasteiger partial charge in [-0.15, -0.1) is 0 Å². The summed E-state index contributed by atoms with van der Waals surface area (Å²) >= 11 is 0. The molecule has 1 heterocycles. The molecule has 2 rings (SSSR count). The van der Waals surface area contributed by atoms with Crippen molar-refractivity contribution < 1.29 is 19.4 Å². The standard InChI is InChI=1S/C17H22O4/c1-12(4-9-15-17(2,3)21-15)10-11-20-14-7-5-13(6-8-14)16(18)19/h5-8,10,15H,4,9,11H2,1-3H3,(H,18,19)/b12-10+. The number of carboxylic acids is 1. The van der Waals surface area contributed by atoms with E-state index in [2.05, 4.69) is 26.8 Å². The average Bonchev–Trinajstić information content (AvgIpc) is 3.04. The third-order valence-corrected chi connectivity index (χ3v) is 3.75. The first-order chi connectivity index (χ1) is 9.88. The number of carbonyl (C=O) groups is 1. The van der Waals surface area contributed by atoms with Crippen LogP contribution in [0.3, 0.4) is 0 Å². The fourth-order valence-electron chi connectivity index (χ4n) is 2.17. The van der Waals surface area contributed by atoms with Crippen molar-refractivity contribution in [2.45, 2.75) is 45.3 Å². The van der Waals surface area contributed by atoms with E-state index in [0.29, 0.717) is 18.5 Å². The van der Waals surface area contributed by atoms with E-state index in [0.717, 1.165) is 12.8 Å². The molecule has 1 aromatic carbocycles. The molecule has 0 aliphatic carbocycles. The number of hydrogen-bond acceptors (Lipinski definition) is 3. The van der Waals surface area contributed by atoms with Crippen LogP contribution < -0.4 is 4.74 Å². The molecule has 1 atom stereocenters. The van der Waals surface area contributed by atoms with Crippen molar-refractivity contribution in [1.82, 2.24) is 0 Å². The van der Waals surface area contributed by atoms with Gasteiger partial charge < -0.3 is 14.6 Å². The van der Waals surface area contributed by atoms with E-state index >= 15 is 0 Å². The minimum atomic E-state index is -0.928. The Balaban J connectivity index is 1.72. The largest absolute Gasteiger partial charge is 0.490 e. The summed E-state index contributed by atoms with van der Waals surface area (Å²) in [7, 11) is 0. The fourth-order valence-corrected chi connectivity index (χ4v) is 2.17. The zero-order valence-electron chi connectivity index (χ0n) is 12.8. The van der Waals surface area contributed by atoms with Crippen molar-refractivity contribution in [3.05, 3.63) is 41.5 Å². The molecule has 1 aliphatic rings. The molecule has 4 heteroatoms. The number of benzene rings is 1. The SMILES string of the molecule is C/C(=C\COc1ccc(C(=O)O)cc1)CCC1OC1(C)C. The summed E-state index contributed by atoms with van der Waals surface area (Å²) in [5.74, 6) is -0.252. The third-order valence-electron chi connectivity index (χ3n) is 3.75. The van der Waals surface area contributed by atoms with Crippen molar-refractivity contribution in [2.75, 3.05) is 6.61 Å². The van der Waals surface area contributed by atoms with E-state index in [1.165, 1.54) is 5.57 Å². The first kappa shape index (κ1) is 15.6. The number of hydrogen-bond donors (Lipinski definition) is 1. The van der Waals surface area contributed by atoms with Gasteiger partial charge in [0, 0.05) is 0 Å². The molecule has 0 saturated carbocycles. The molecule has 1 unspecified atom stereocenters. The Morgan fingerprint density at radius 1 is 1.38 bits per heavy atom. The monoisotopic (exact) mass is 290 g/mol. The van der Waals surface area contributed by atoms with E-state index in [1.54, 1.807) is 24.3 Å². The molecule has 21 heavy (non-hydrogen) atoms. The molecule has 1 saturated heterocycles. The molecule has 0 aromatic heterocycles. The molecular formula is C17H22O4. The minimum Gasteiger partial charge on any atom is -0.490 e. The highest BCUT2D eigenvalue weighted by atomic mass is 16.6. The number of ether oxygens (including phenoxy) is 2. The van der Waals surface area contributed by atoms with Crippen molar-refractivity contribution in [3.8, 4) is 5.75 Å². The smallest absolute Gasteiger partial charge is 0.335 e. The predicted octanol–water partition coefficient (Wildman–Crippen LogP) is 3.67. The van der Waals surface area contributed by atoms with Crippen LogP contribution in [0.25, 0.3) is 0 Å². The van der Waals surface area contributed by atoms with Crippen LogP contribution in [0.4, 0.5) is 0 Å². The van der Waals surface area contributed by atoms with Crippen LogP contribution >= 0.6 is 0 Å². The second-order valence-electron chi connectivity index (χ2n) is 5.94. The predicted molar refractivity (Wildman–Crippen MR) is 80.8 cm³/mol. The molecule has 1 N–H and O–H groups in total. The molecule has 1 aliphatic heterocycles. The summed E-state index contributed by atoms with van der Waals surface area (Å²) < 4.78 is 11.1. The summed E-state index contributed by atoms with van der Waals surface area (Å²) in [6.45, 7) is 6.81. The van der Waals surface area contributed by atoms with E-state index in [4.69, 9.17) is 14.6 Å². The summed E-state index contributed by atoms with van der Waals surface area (Å²) in [4.78, 5) is 10.7. The van der Waals surface area contributed by atoms with E-state index in [1.807, 2.05) is 0 Å². The Bertz CT molecular complexity index is 528. The average molecular weight is 290 g/mol. The molecule has 0 amide bonds. The maximum Gasteiger partial charge on any atom is 0.335 e. The zero-order valence-corrected chi connectivity index (χ0v) is 12.8. The van der Waals surface area contributed by atoms with Crippen LogP contribution in [-0.2, 0) is 4.74 Å². The number of rotatable bonds is 7. The van der Waals surface area contributed by atoms with E-state index in [9.17, 15) is 4.79 Å². The van der Waals surface area contributed by atoms with Crippen LogP contribution in [0.2, 0.25) is 0 Å². The third kappa shape index (κ3) is 4.60. The van der Waals surface area contributed by atoms with Crippen LogP contribution in [-0.4, -0.2) is 29.4 Å². The van der Waals surface area contributed by atoms with Gasteiger partial charge in [0.15, 0.2) is 0 Å². The van der Waals surface area contributed by atoms with Gasteiger partial charge >= 0.3 is 5.97 Å². The Labute approximate surface area is 125 Å². The minimum absolute atomic E-state index is 0.0582. The van der Waals surface area contributed by atoms with Crippen LogP contribution in [0.15, 0.2) is 35.9 Å². The van der Waals surface area contributed by atoms with Crippen molar-refractivity contribution in [2.24, 2.45) is 0 Å². The Kier molecular flexibility index (Phi) is 4.68. The quantitative estimate of drug-likeness (QED) is 0.615. The molecular weight excluding hydrogens is 268 g/mol. The van der Waals surface area contributed by atoms with Crippen LogP contribution in [0.5, 0.6) is 5.75 Å². The Morgan fingerprint density at radius 2 is 2.00 bits per heavy atom. The number of epoxide rings is 1. The molecule has 114 valence electrons. The van der Waals surface area contributed by atoms with Crippen molar-refractivity contribution in [1.29, 1.82) is 0 Å². The van der Waals surface area contributed by atoms with Gasteiger partial charge in [0.2, 0.25) is 0 Å². The topological polar surface area (TPSA) is 59.1 Å². The van der Waals surface area contributed by atoms with Gasteiger partial charge in [-0.2, -0.15) is 0 Å². The molecule has 0 bridgehead atoms. The lowest BCUT2D eigenvalue weighted by molar-refractivity contribution is 0.0697. The number of carboxylic acid groups (broad SMARTS) is 1. The number of aromatic carboxylic acids is 1. The van der Waals surface area contributed by atoms with Crippen LogP contribution in [0, 0.1) is 0 Å². The van der Waals surface area contributed by atoms with E-state index < -0.39 is 5.97 Å². The van der Waals surface area contributed by atoms with Crippen molar-refractivity contribution >= 4 is 5.97 Å². The first-order valence-electron chi connectivity index (χ1n) is 7.18. The maximum atomic E-state index is 10.7. The zero-order chi connectivity index (χ0) is 15.5. The van der Waals surface area contributed by atoms with Crippen molar-refractivity contribution in [3.63, 3.8) is 0 Å². The highest BCUT2D eigenvalue weighted by Gasteiger charge is 2.46. The maximum absolute atomic E-state index is 10.7. The summed E-state index contributed by atoms with van der Waals surface area (Å²) in [6, 6.07) is 6.43. The van der Waals surface area contributed by atoms with Gasteiger partial charge in [0.05, 0.1) is 17.3 Å². The molecule has 1 aromatic rings. The molecule has 1 fully saturated rings. The Hall–Kier alpha value is -1.81. The normalized spacial score (nSPS) is 20.1. The number of allylic oxidation sites excluding steroid dienone is 1. The van der Waals surface area contributed by atoms with Gasteiger partial charge in [0.1, 0.15) is 12.4 Å². The van der Waals surface area contributed by atoms with Gasteiger partial charge in [-0.25, -0.2) is 4.79 Å². The van der Waals surface area contributed by atoms with E-state index in [-0.39, 0.29) is 11.2 Å². The highest BCUT2D eigenvalue weighted by molar-refractivity contribution is 5.87. The summed E-state index contributed by atoms with van der Waals surface area (Å²) in [6.07, 6.45) is 4.49. The lowest BCUT2D eigenvalue weighted by atomic mass is 10.0. The second-order valence-corrected chi connectivity index (χ2v) is 5.94. The second kappa shape index (κ2) is 6.31.